The molecule has 1 aliphatic rings. The summed E-state index contributed by atoms with van der Waals surface area (Å²) in [6, 6.07) is 6.03. The molecule has 0 aliphatic carbocycles. The van der Waals surface area contributed by atoms with Crippen molar-refractivity contribution in [1.29, 1.82) is 0 Å². The van der Waals surface area contributed by atoms with E-state index >= 15 is 0 Å². The Kier molecular flexibility index (Phi) is 5.99. The maximum absolute atomic E-state index is 12.6. The van der Waals surface area contributed by atoms with E-state index < -0.39 is 5.92 Å². The van der Waals surface area contributed by atoms with E-state index in [0.29, 0.717) is 25.9 Å². The van der Waals surface area contributed by atoms with Crippen molar-refractivity contribution < 1.29 is 14.7 Å². The molecule has 0 bridgehead atoms. The number of nitrogens with zero attached hydrogens (tertiary/aromatic N) is 1. The number of carbonyl (C=O) groups excluding carboxylic acids is 2. The lowest BCUT2D eigenvalue weighted by Gasteiger charge is -2.19. The van der Waals surface area contributed by atoms with Crippen LogP contribution >= 0.6 is 0 Å². The molecule has 132 valence electrons. The van der Waals surface area contributed by atoms with Gasteiger partial charge in [0.1, 0.15) is 5.92 Å². The van der Waals surface area contributed by atoms with E-state index in [0.717, 1.165) is 16.8 Å². The molecule has 3 unspecified atom stereocenters. The highest BCUT2D eigenvalue weighted by atomic mass is 16.3. The first-order valence-corrected chi connectivity index (χ1v) is 8.63. The van der Waals surface area contributed by atoms with Crippen molar-refractivity contribution in [3.05, 3.63) is 29.3 Å². The van der Waals surface area contributed by atoms with Crippen molar-refractivity contribution in [2.24, 2.45) is 11.8 Å². The van der Waals surface area contributed by atoms with Crippen LogP contribution in [0.2, 0.25) is 0 Å². The van der Waals surface area contributed by atoms with Gasteiger partial charge in [-0.2, -0.15) is 0 Å². The molecule has 1 saturated heterocycles. The summed E-state index contributed by atoms with van der Waals surface area (Å²) in [5.74, 6) is -0.754. The van der Waals surface area contributed by atoms with E-state index in [1.807, 2.05) is 32.9 Å². The average Bonchev–Trinajstić information content (AvgIpc) is 2.85. The largest absolute Gasteiger partial charge is 0.393 e. The van der Waals surface area contributed by atoms with Crippen LogP contribution in [-0.4, -0.2) is 36.1 Å². The van der Waals surface area contributed by atoms with Gasteiger partial charge in [0, 0.05) is 18.8 Å². The fourth-order valence-corrected chi connectivity index (χ4v) is 3.35. The van der Waals surface area contributed by atoms with E-state index in [-0.39, 0.29) is 23.8 Å². The van der Waals surface area contributed by atoms with Gasteiger partial charge in [0.15, 0.2) is 0 Å². The van der Waals surface area contributed by atoms with Crippen LogP contribution in [0.25, 0.3) is 0 Å². The number of hydrogen-bond acceptors (Lipinski definition) is 3. The van der Waals surface area contributed by atoms with Gasteiger partial charge < -0.3 is 15.3 Å². The van der Waals surface area contributed by atoms with Gasteiger partial charge in [-0.3, -0.25) is 9.59 Å². The molecule has 3 atom stereocenters. The van der Waals surface area contributed by atoms with Crippen LogP contribution in [0.4, 0.5) is 5.69 Å². The smallest absolute Gasteiger partial charge is 0.239 e. The maximum atomic E-state index is 12.6. The van der Waals surface area contributed by atoms with Gasteiger partial charge in [-0.25, -0.2) is 0 Å². The minimum atomic E-state index is -0.607. The summed E-state index contributed by atoms with van der Waals surface area (Å²) in [5.41, 5.74) is 3.09. The number of amides is 2. The molecule has 0 spiro atoms. The van der Waals surface area contributed by atoms with Gasteiger partial charge in [0.05, 0.1) is 6.10 Å². The number of aliphatic hydroxyl groups excluding tert-OH is 1. The lowest BCUT2D eigenvalue weighted by Crippen LogP contribution is -2.38. The van der Waals surface area contributed by atoms with Gasteiger partial charge in [-0.1, -0.05) is 13.0 Å². The lowest BCUT2D eigenvalue weighted by molar-refractivity contribution is -0.132. The fourth-order valence-electron chi connectivity index (χ4n) is 3.35. The number of anilines is 1. The Bertz CT molecular complexity index is 592. The second-order valence-corrected chi connectivity index (χ2v) is 7.11. The molecule has 5 nitrogen and oxygen atoms in total. The normalized spacial score (nSPS) is 20.1. The summed E-state index contributed by atoms with van der Waals surface area (Å²) in [4.78, 5) is 26.7. The number of aryl methyl sites for hydroxylation is 2. The summed E-state index contributed by atoms with van der Waals surface area (Å²) in [7, 11) is 0. The van der Waals surface area contributed by atoms with Crippen LogP contribution in [0.1, 0.15) is 37.8 Å². The predicted molar refractivity (Wildman–Crippen MR) is 94.8 cm³/mol. The quantitative estimate of drug-likeness (QED) is 0.785. The van der Waals surface area contributed by atoms with Gasteiger partial charge in [0.2, 0.25) is 11.8 Å². The van der Waals surface area contributed by atoms with E-state index in [9.17, 15) is 14.7 Å². The van der Waals surface area contributed by atoms with Crippen molar-refractivity contribution in [2.75, 3.05) is 18.0 Å². The molecule has 1 fully saturated rings. The number of benzene rings is 1. The highest BCUT2D eigenvalue weighted by Gasteiger charge is 2.37. The Labute approximate surface area is 144 Å². The van der Waals surface area contributed by atoms with Crippen LogP contribution in [0.5, 0.6) is 0 Å². The summed E-state index contributed by atoms with van der Waals surface area (Å²) in [6.07, 6.45) is 0.792. The second-order valence-electron chi connectivity index (χ2n) is 7.11. The number of rotatable bonds is 6. The van der Waals surface area contributed by atoms with Gasteiger partial charge in [-0.15, -0.1) is 0 Å². The molecule has 1 heterocycles. The minimum absolute atomic E-state index is 0.124. The molecule has 1 aromatic rings. The zero-order valence-electron chi connectivity index (χ0n) is 15.0. The third-order valence-electron chi connectivity index (χ3n) is 4.41. The Morgan fingerprint density at radius 3 is 2.50 bits per heavy atom. The Balaban J connectivity index is 1.96. The van der Waals surface area contributed by atoms with Gasteiger partial charge in [-0.05, 0) is 62.8 Å². The standard InChI is InChI=1S/C19H28N2O3/c1-12-7-13(2)10-16(9-12)21-6-5-17(19(21)24)18(23)20-11-14(3)8-15(4)22/h7,9-10,14-15,17,22H,5-6,8,11H2,1-4H3,(H,20,23). The first-order chi connectivity index (χ1) is 11.3. The molecule has 24 heavy (non-hydrogen) atoms. The molecule has 2 N–H and O–H groups in total. The van der Waals surface area contributed by atoms with E-state index in [4.69, 9.17) is 0 Å². The third-order valence-corrected chi connectivity index (χ3v) is 4.41. The van der Waals surface area contributed by atoms with Crippen molar-refractivity contribution in [1.82, 2.24) is 5.32 Å². The van der Waals surface area contributed by atoms with Crippen LogP contribution in [0.3, 0.4) is 0 Å². The second kappa shape index (κ2) is 7.79. The van der Waals surface area contributed by atoms with Crippen molar-refractivity contribution in [2.45, 2.75) is 46.6 Å². The van der Waals surface area contributed by atoms with E-state index in [2.05, 4.69) is 11.4 Å². The SMILES string of the molecule is Cc1cc(C)cc(N2CCC(C(=O)NCC(C)CC(C)O)C2=O)c1. The molecule has 0 radical (unpaired) electrons. The summed E-state index contributed by atoms with van der Waals surface area (Å²) in [5, 5.41) is 12.2. The van der Waals surface area contributed by atoms with E-state index in [1.54, 1.807) is 11.8 Å². The molecule has 2 rings (SSSR count). The monoisotopic (exact) mass is 332 g/mol. The maximum Gasteiger partial charge on any atom is 0.239 e. The highest BCUT2D eigenvalue weighted by Crippen LogP contribution is 2.27. The molecule has 1 aromatic carbocycles. The topological polar surface area (TPSA) is 69.6 Å². The summed E-state index contributed by atoms with van der Waals surface area (Å²) in [6.45, 7) is 8.78. The Hall–Kier alpha value is -1.88. The van der Waals surface area contributed by atoms with Crippen LogP contribution < -0.4 is 10.2 Å². The first kappa shape index (κ1) is 18.5. The molecule has 0 saturated carbocycles. The molecule has 2 amide bonds. The molecular formula is C19H28N2O3. The number of hydrogen-bond donors (Lipinski definition) is 2. The van der Waals surface area contributed by atoms with Gasteiger partial charge >= 0.3 is 0 Å². The molecule has 5 heteroatoms. The summed E-state index contributed by atoms with van der Waals surface area (Å²) >= 11 is 0. The van der Waals surface area contributed by atoms with Crippen LogP contribution in [-0.2, 0) is 9.59 Å². The van der Waals surface area contributed by atoms with Crippen molar-refractivity contribution in [3.8, 4) is 0 Å². The minimum Gasteiger partial charge on any atom is -0.393 e. The van der Waals surface area contributed by atoms with Crippen molar-refractivity contribution >= 4 is 17.5 Å². The number of nitrogens with one attached hydrogen (secondary N) is 1. The number of carbonyl (C=O) groups is 2. The summed E-state index contributed by atoms with van der Waals surface area (Å²) < 4.78 is 0. The molecule has 0 aromatic heterocycles. The Morgan fingerprint density at radius 2 is 1.92 bits per heavy atom. The predicted octanol–water partition coefficient (Wildman–Crippen LogP) is 2.18. The molecular weight excluding hydrogens is 304 g/mol. The highest BCUT2D eigenvalue weighted by molar-refractivity contribution is 6.09. The number of aliphatic hydroxyl groups is 1. The first-order valence-electron chi connectivity index (χ1n) is 8.63. The van der Waals surface area contributed by atoms with Crippen LogP contribution in [0.15, 0.2) is 18.2 Å². The Morgan fingerprint density at radius 1 is 1.29 bits per heavy atom. The van der Waals surface area contributed by atoms with Crippen LogP contribution in [0, 0.1) is 25.7 Å². The zero-order chi connectivity index (χ0) is 17.9. The van der Waals surface area contributed by atoms with Gasteiger partial charge in [0.25, 0.3) is 0 Å². The third kappa shape index (κ3) is 4.57. The van der Waals surface area contributed by atoms with E-state index in [1.165, 1.54) is 0 Å². The van der Waals surface area contributed by atoms with Crippen molar-refractivity contribution in [3.63, 3.8) is 0 Å². The lowest BCUT2D eigenvalue weighted by atomic mass is 10.0. The fraction of sp³-hybridized carbons (Fsp3) is 0.579. The molecule has 1 aliphatic heterocycles. The average molecular weight is 332 g/mol. The zero-order valence-corrected chi connectivity index (χ0v) is 15.0.